The molecule has 1 heterocycles. The minimum absolute atomic E-state index is 0.0515. The van der Waals surface area contributed by atoms with Crippen LogP contribution < -0.4 is 10.1 Å². The van der Waals surface area contributed by atoms with Gasteiger partial charge in [-0.1, -0.05) is 13.8 Å². The van der Waals surface area contributed by atoms with Gasteiger partial charge in [0.15, 0.2) is 5.13 Å². The van der Waals surface area contributed by atoms with Crippen LogP contribution in [0.5, 0.6) is 5.75 Å². The minimum atomic E-state index is 0.0515. The lowest BCUT2D eigenvalue weighted by molar-refractivity contribution is -0.120. The molecule has 112 valence electrons. The van der Waals surface area contributed by atoms with Crippen molar-refractivity contribution in [2.75, 3.05) is 12.4 Å². The predicted octanol–water partition coefficient (Wildman–Crippen LogP) is 4.19. The summed E-state index contributed by atoms with van der Waals surface area (Å²) in [7, 11) is 1.64. The van der Waals surface area contributed by atoms with Gasteiger partial charge >= 0.3 is 0 Å². The van der Waals surface area contributed by atoms with E-state index in [4.69, 9.17) is 4.74 Å². The van der Waals surface area contributed by atoms with Gasteiger partial charge in [0.2, 0.25) is 5.91 Å². The van der Waals surface area contributed by atoms with Gasteiger partial charge in [0.1, 0.15) is 5.75 Å². The molecule has 1 N–H and O–H groups in total. The smallest absolute Gasteiger partial charge is 0.229 e. The molecule has 0 bridgehead atoms. The van der Waals surface area contributed by atoms with Gasteiger partial charge in [-0.15, -0.1) is 11.3 Å². The second-order valence-electron chi connectivity index (χ2n) is 4.77. The van der Waals surface area contributed by atoms with Crippen LogP contribution in [-0.4, -0.2) is 18.0 Å². The van der Waals surface area contributed by atoms with E-state index in [1.54, 1.807) is 7.11 Å². The zero-order valence-corrected chi connectivity index (χ0v) is 13.4. The third-order valence-corrected chi connectivity index (χ3v) is 4.23. The highest BCUT2D eigenvalue weighted by Crippen LogP contribution is 2.27. The van der Waals surface area contributed by atoms with Crippen molar-refractivity contribution >= 4 is 22.4 Å². The summed E-state index contributed by atoms with van der Waals surface area (Å²) in [5.74, 6) is 0.921. The third kappa shape index (κ3) is 3.82. The molecule has 2 aromatic rings. The van der Waals surface area contributed by atoms with Gasteiger partial charge in [0.05, 0.1) is 12.8 Å². The fourth-order valence-corrected chi connectivity index (χ4v) is 2.82. The molecule has 5 heteroatoms. The van der Waals surface area contributed by atoms with Gasteiger partial charge in [0, 0.05) is 16.9 Å². The normalized spacial score (nSPS) is 10.7. The lowest BCUT2D eigenvalue weighted by Crippen LogP contribution is -2.21. The number of aromatic nitrogens is 1. The largest absolute Gasteiger partial charge is 0.497 e. The molecule has 1 amide bonds. The summed E-state index contributed by atoms with van der Waals surface area (Å²) < 4.78 is 5.14. The second-order valence-corrected chi connectivity index (χ2v) is 5.63. The molecule has 0 spiro atoms. The van der Waals surface area contributed by atoms with E-state index in [-0.39, 0.29) is 11.8 Å². The highest BCUT2D eigenvalue weighted by atomic mass is 32.1. The molecule has 0 radical (unpaired) electrons. The SMILES string of the molecule is CCC(CC)C(=O)Nc1nc(-c2ccc(OC)cc2)cs1. The Morgan fingerprint density at radius 1 is 1.29 bits per heavy atom. The van der Waals surface area contributed by atoms with Crippen LogP contribution in [0.1, 0.15) is 26.7 Å². The van der Waals surface area contributed by atoms with E-state index >= 15 is 0 Å². The van der Waals surface area contributed by atoms with Gasteiger partial charge < -0.3 is 10.1 Å². The number of methoxy groups -OCH3 is 1. The number of nitrogens with one attached hydrogen (secondary N) is 1. The first-order chi connectivity index (χ1) is 10.2. The Kier molecular flexibility index (Phi) is 5.33. The first-order valence-corrected chi connectivity index (χ1v) is 7.96. The molecule has 0 aliphatic heterocycles. The van der Waals surface area contributed by atoms with Crippen molar-refractivity contribution in [2.45, 2.75) is 26.7 Å². The molecule has 0 saturated carbocycles. The minimum Gasteiger partial charge on any atom is -0.497 e. The summed E-state index contributed by atoms with van der Waals surface area (Å²) in [6, 6.07) is 7.72. The number of carbonyl (C=O) groups is 1. The van der Waals surface area contributed by atoms with Gasteiger partial charge in [-0.25, -0.2) is 4.98 Å². The number of benzene rings is 1. The zero-order valence-electron chi connectivity index (χ0n) is 12.6. The van der Waals surface area contributed by atoms with Crippen molar-refractivity contribution in [2.24, 2.45) is 5.92 Å². The number of amides is 1. The van der Waals surface area contributed by atoms with E-state index in [1.165, 1.54) is 11.3 Å². The maximum absolute atomic E-state index is 12.0. The van der Waals surface area contributed by atoms with Crippen LogP contribution >= 0.6 is 11.3 Å². The van der Waals surface area contributed by atoms with Crippen LogP contribution in [0.4, 0.5) is 5.13 Å². The fourth-order valence-electron chi connectivity index (χ4n) is 2.09. The first kappa shape index (κ1) is 15.5. The molecule has 0 unspecified atom stereocenters. The summed E-state index contributed by atoms with van der Waals surface area (Å²) in [5, 5.41) is 5.50. The molecule has 4 nitrogen and oxygen atoms in total. The summed E-state index contributed by atoms with van der Waals surface area (Å²) in [5.41, 5.74) is 1.87. The molecule has 0 fully saturated rings. The average Bonchev–Trinajstić information content (AvgIpc) is 2.97. The molecule has 0 aliphatic rings. The van der Waals surface area contributed by atoms with Crippen LogP contribution in [-0.2, 0) is 4.79 Å². The standard InChI is InChI=1S/C16H20N2O2S/c1-4-11(5-2)15(19)18-16-17-14(10-21-16)12-6-8-13(20-3)9-7-12/h6-11H,4-5H2,1-3H3,(H,17,18,19). The molecule has 0 atom stereocenters. The van der Waals surface area contributed by atoms with Crippen molar-refractivity contribution in [1.29, 1.82) is 0 Å². The van der Waals surface area contributed by atoms with Crippen molar-refractivity contribution in [3.05, 3.63) is 29.6 Å². The van der Waals surface area contributed by atoms with Crippen molar-refractivity contribution in [1.82, 2.24) is 4.98 Å². The van der Waals surface area contributed by atoms with Crippen molar-refractivity contribution in [3.8, 4) is 17.0 Å². The Balaban J connectivity index is 2.08. The molecule has 2 rings (SSSR count). The second kappa shape index (κ2) is 7.22. The number of thiazole rings is 1. The number of hydrogen-bond acceptors (Lipinski definition) is 4. The fraction of sp³-hybridized carbons (Fsp3) is 0.375. The Morgan fingerprint density at radius 3 is 2.52 bits per heavy atom. The maximum Gasteiger partial charge on any atom is 0.229 e. The Bertz CT molecular complexity index is 589. The summed E-state index contributed by atoms with van der Waals surface area (Å²) in [6.45, 7) is 4.05. The quantitative estimate of drug-likeness (QED) is 0.870. The Labute approximate surface area is 129 Å². The van der Waals surface area contributed by atoms with Crippen LogP contribution in [0.2, 0.25) is 0 Å². The molecular weight excluding hydrogens is 284 g/mol. The van der Waals surface area contributed by atoms with Crippen LogP contribution in [0.25, 0.3) is 11.3 Å². The lowest BCUT2D eigenvalue weighted by Gasteiger charge is -2.10. The van der Waals surface area contributed by atoms with E-state index in [1.807, 2.05) is 43.5 Å². The van der Waals surface area contributed by atoms with Gasteiger partial charge in [-0.3, -0.25) is 4.79 Å². The molecule has 1 aromatic heterocycles. The van der Waals surface area contributed by atoms with E-state index in [9.17, 15) is 4.79 Å². The van der Waals surface area contributed by atoms with Crippen LogP contribution in [0.15, 0.2) is 29.6 Å². The number of hydrogen-bond donors (Lipinski definition) is 1. The summed E-state index contributed by atoms with van der Waals surface area (Å²) in [6.07, 6.45) is 1.69. The lowest BCUT2D eigenvalue weighted by atomic mass is 10.0. The number of rotatable bonds is 6. The predicted molar refractivity (Wildman–Crippen MR) is 86.8 cm³/mol. The van der Waals surface area contributed by atoms with Gasteiger partial charge in [-0.05, 0) is 37.1 Å². The van der Waals surface area contributed by atoms with Crippen LogP contribution in [0, 0.1) is 5.92 Å². The summed E-state index contributed by atoms with van der Waals surface area (Å²) >= 11 is 1.45. The van der Waals surface area contributed by atoms with Crippen molar-refractivity contribution in [3.63, 3.8) is 0 Å². The monoisotopic (exact) mass is 304 g/mol. The van der Waals surface area contributed by atoms with E-state index in [2.05, 4.69) is 10.3 Å². The highest BCUT2D eigenvalue weighted by Gasteiger charge is 2.15. The Hall–Kier alpha value is -1.88. The topological polar surface area (TPSA) is 51.2 Å². The van der Waals surface area contributed by atoms with Gasteiger partial charge in [0.25, 0.3) is 0 Å². The molecule has 21 heavy (non-hydrogen) atoms. The Morgan fingerprint density at radius 2 is 1.95 bits per heavy atom. The number of anilines is 1. The van der Waals surface area contributed by atoms with Crippen molar-refractivity contribution < 1.29 is 9.53 Å². The maximum atomic E-state index is 12.0. The number of nitrogens with zero attached hydrogens (tertiary/aromatic N) is 1. The third-order valence-electron chi connectivity index (χ3n) is 3.48. The molecule has 0 saturated heterocycles. The number of ether oxygens (including phenoxy) is 1. The van der Waals surface area contributed by atoms with E-state index in [0.29, 0.717) is 5.13 Å². The molecular formula is C16H20N2O2S. The average molecular weight is 304 g/mol. The van der Waals surface area contributed by atoms with Gasteiger partial charge in [-0.2, -0.15) is 0 Å². The molecule has 1 aromatic carbocycles. The zero-order chi connectivity index (χ0) is 15.2. The van der Waals surface area contributed by atoms with E-state index in [0.717, 1.165) is 29.8 Å². The first-order valence-electron chi connectivity index (χ1n) is 7.08. The van der Waals surface area contributed by atoms with Crippen LogP contribution in [0.3, 0.4) is 0 Å². The summed E-state index contributed by atoms with van der Waals surface area (Å²) in [4.78, 5) is 16.5. The van der Waals surface area contributed by atoms with E-state index < -0.39 is 0 Å². The highest BCUT2D eigenvalue weighted by molar-refractivity contribution is 7.14. The molecule has 0 aliphatic carbocycles. The number of carbonyl (C=O) groups excluding carboxylic acids is 1.